The van der Waals surface area contributed by atoms with E-state index in [9.17, 15) is 14.7 Å². The van der Waals surface area contributed by atoms with Crippen LogP contribution in [-0.4, -0.2) is 46.7 Å². The molecule has 1 unspecified atom stereocenters. The summed E-state index contributed by atoms with van der Waals surface area (Å²) in [5.41, 5.74) is 0.195. The van der Waals surface area contributed by atoms with Gasteiger partial charge in [0.25, 0.3) is 5.91 Å². The van der Waals surface area contributed by atoms with Gasteiger partial charge in [0.2, 0.25) is 0 Å². The highest BCUT2D eigenvalue weighted by molar-refractivity contribution is 6.07. The van der Waals surface area contributed by atoms with E-state index in [2.05, 4.69) is 5.32 Å². The summed E-state index contributed by atoms with van der Waals surface area (Å²) in [5.74, 6) is -0.233. The maximum atomic E-state index is 12.7. The molecule has 2 N–H and O–H groups in total. The number of carbonyl (C=O) groups excluding carboxylic acids is 2. The van der Waals surface area contributed by atoms with Gasteiger partial charge < -0.3 is 15.2 Å². The van der Waals surface area contributed by atoms with E-state index in [1.165, 1.54) is 0 Å². The lowest BCUT2D eigenvalue weighted by Crippen LogP contribution is -2.47. The SMILES string of the molecule is CCCC1(CCC)NC(=O)N(CC(O)COCc2ccccc2)C1=O. The van der Waals surface area contributed by atoms with Crippen molar-refractivity contribution in [1.82, 2.24) is 10.2 Å². The second-order valence-corrected chi connectivity index (χ2v) is 6.58. The predicted octanol–water partition coefficient (Wildman–Crippen LogP) is 2.45. The van der Waals surface area contributed by atoms with Gasteiger partial charge in [-0.05, 0) is 18.4 Å². The molecule has 1 aromatic rings. The van der Waals surface area contributed by atoms with Crippen LogP contribution in [0.15, 0.2) is 30.3 Å². The Labute approximate surface area is 149 Å². The smallest absolute Gasteiger partial charge is 0.325 e. The zero-order valence-electron chi connectivity index (χ0n) is 15.0. The van der Waals surface area contributed by atoms with Crippen LogP contribution in [-0.2, 0) is 16.1 Å². The van der Waals surface area contributed by atoms with Crippen molar-refractivity contribution in [2.24, 2.45) is 0 Å². The summed E-state index contributed by atoms with van der Waals surface area (Å²) in [7, 11) is 0. The molecule has 1 aliphatic rings. The van der Waals surface area contributed by atoms with E-state index < -0.39 is 17.7 Å². The minimum atomic E-state index is -0.905. The molecule has 0 radical (unpaired) electrons. The molecule has 1 heterocycles. The molecule has 1 aliphatic heterocycles. The molecule has 6 nitrogen and oxygen atoms in total. The number of β-amino-alcohol motifs (C(OH)–C–C–N with tert-alkyl or cyclic N) is 1. The molecule has 1 fully saturated rings. The molecule has 1 saturated heterocycles. The number of carbonyl (C=O) groups is 2. The monoisotopic (exact) mass is 348 g/mol. The number of hydrogen-bond donors (Lipinski definition) is 2. The fourth-order valence-electron chi connectivity index (χ4n) is 3.31. The van der Waals surface area contributed by atoms with E-state index in [1.807, 2.05) is 44.2 Å². The van der Waals surface area contributed by atoms with Crippen molar-refractivity contribution in [2.75, 3.05) is 13.2 Å². The van der Waals surface area contributed by atoms with Crippen molar-refractivity contribution in [3.63, 3.8) is 0 Å². The maximum Gasteiger partial charge on any atom is 0.325 e. The Kier molecular flexibility index (Phi) is 6.96. The first kappa shape index (κ1) is 19.4. The van der Waals surface area contributed by atoms with Crippen LogP contribution in [0.25, 0.3) is 0 Å². The van der Waals surface area contributed by atoms with Crippen LogP contribution in [0.4, 0.5) is 4.79 Å². The largest absolute Gasteiger partial charge is 0.389 e. The van der Waals surface area contributed by atoms with Crippen LogP contribution in [0.2, 0.25) is 0 Å². The maximum absolute atomic E-state index is 12.7. The molecule has 3 amide bonds. The van der Waals surface area contributed by atoms with Crippen molar-refractivity contribution in [3.8, 4) is 0 Å². The number of rotatable bonds is 10. The average molecular weight is 348 g/mol. The van der Waals surface area contributed by atoms with E-state index in [0.29, 0.717) is 19.4 Å². The van der Waals surface area contributed by atoms with Gasteiger partial charge >= 0.3 is 6.03 Å². The van der Waals surface area contributed by atoms with Crippen molar-refractivity contribution in [1.29, 1.82) is 0 Å². The molecule has 0 spiro atoms. The third kappa shape index (κ3) is 4.80. The zero-order valence-corrected chi connectivity index (χ0v) is 15.0. The molecule has 6 heteroatoms. The van der Waals surface area contributed by atoms with Gasteiger partial charge in [0.15, 0.2) is 0 Å². The number of amides is 3. The van der Waals surface area contributed by atoms with Crippen LogP contribution in [0.5, 0.6) is 0 Å². The second kappa shape index (κ2) is 8.97. The summed E-state index contributed by atoms with van der Waals surface area (Å²) in [4.78, 5) is 26.1. The molecular weight excluding hydrogens is 320 g/mol. The highest BCUT2D eigenvalue weighted by Gasteiger charge is 2.49. The Morgan fingerprint density at radius 3 is 2.40 bits per heavy atom. The molecule has 1 atom stereocenters. The third-order valence-electron chi connectivity index (χ3n) is 4.41. The zero-order chi connectivity index (χ0) is 18.3. The molecule has 138 valence electrons. The van der Waals surface area contributed by atoms with Crippen LogP contribution < -0.4 is 5.32 Å². The Morgan fingerprint density at radius 2 is 1.80 bits per heavy atom. The summed E-state index contributed by atoms with van der Waals surface area (Å²) >= 11 is 0. The lowest BCUT2D eigenvalue weighted by atomic mass is 9.88. The van der Waals surface area contributed by atoms with E-state index in [1.54, 1.807) is 0 Å². The first-order valence-electron chi connectivity index (χ1n) is 8.96. The number of nitrogens with one attached hydrogen (secondary N) is 1. The van der Waals surface area contributed by atoms with Crippen molar-refractivity contribution in [2.45, 2.75) is 57.8 Å². The van der Waals surface area contributed by atoms with Gasteiger partial charge in [-0.25, -0.2) is 4.79 Å². The first-order chi connectivity index (χ1) is 12.0. The predicted molar refractivity (Wildman–Crippen MR) is 94.9 cm³/mol. The average Bonchev–Trinajstić information content (AvgIpc) is 2.81. The van der Waals surface area contributed by atoms with Crippen LogP contribution in [0.1, 0.15) is 45.1 Å². The molecular formula is C19H28N2O4. The summed E-state index contributed by atoms with van der Waals surface area (Å²) in [5, 5.41) is 13.0. The number of imide groups is 1. The Bertz CT molecular complexity index is 570. The van der Waals surface area contributed by atoms with Crippen molar-refractivity contribution >= 4 is 11.9 Å². The molecule has 0 aromatic heterocycles. The first-order valence-corrected chi connectivity index (χ1v) is 8.96. The van der Waals surface area contributed by atoms with Crippen molar-refractivity contribution < 1.29 is 19.4 Å². The topological polar surface area (TPSA) is 78.9 Å². The summed E-state index contributed by atoms with van der Waals surface area (Å²) < 4.78 is 5.49. The minimum Gasteiger partial charge on any atom is -0.389 e. The number of urea groups is 1. The number of hydrogen-bond acceptors (Lipinski definition) is 4. The Hall–Kier alpha value is -1.92. The van der Waals surface area contributed by atoms with Gasteiger partial charge in [0, 0.05) is 0 Å². The summed E-state index contributed by atoms with van der Waals surface area (Å²) in [6.45, 7) is 4.39. The molecule has 0 aliphatic carbocycles. The third-order valence-corrected chi connectivity index (χ3v) is 4.41. The van der Waals surface area contributed by atoms with Gasteiger partial charge in [-0.2, -0.15) is 0 Å². The van der Waals surface area contributed by atoms with Crippen LogP contribution >= 0.6 is 0 Å². The summed E-state index contributed by atoms with van der Waals surface area (Å²) in [6, 6.07) is 9.22. The minimum absolute atomic E-state index is 0.0470. The van der Waals surface area contributed by atoms with Crippen LogP contribution in [0, 0.1) is 0 Å². The number of aliphatic hydroxyl groups is 1. The molecule has 0 saturated carbocycles. The molecule has 25 heavy (non-hydrogen) atoms. The fraction of sp³-hybridized carbons (Fsp3) is 0.579. The van der Waals surface area contributed by atoms with E-state index in [4.69, 9.17) is 4.74 Å². The van der Waals surface area contributed by atoms with Gasteiger partial charge in [-0.15, -0.1) is 0 Å². The number of benzene rings is 1. The molecule has 2 rings (SSSR count). The Morgan fingerprint density at radius 1 is 1.16 bits per heavy atom. The van der Waals surface area contributed by atoms with Gasteiger partial charge in [-0.1, -0.05) is 57.0 Å². The van der Waals surface area contributed by atoms with Crippen LogP contribution in [0.3, 0.4) is 0 Å². The van der Waals surface area contributed by atoms with Gasteiger partial charge in [0.05, 0.1) is 25.9 Å². The lowest BCUT2D eigenvalue weighted by Gasteiger charge is -2.26. The standard InChI is InChI=1S/C19H28N2O4/c1-3-10-19(11-4-2)17(23)21(18(24)20-19)12-16(22)14-25-13-15-8-6-5-7-9-15/h5-9,16,22H,3-4,10-14H2,1-2H3,(H,20,24). The van der Waals surface area contributed by atoms with E-state index in [-0.39, 0.29) is 19.1 Å². The number of nitrogens with zero attached hydrogens (tertiary/aromatic N) is 1. The normalized spacial score (nSPS) is 17.6. The van der Waals surface area contributed by atoms with E-state index in [0.717, 1.165) is 23.3 Å². The van der Waals surface area contributed by atoms with Gasteiger partial charge in [0.1, 0.15) is 5.54 Å². The van der Waals surface area contributed by atoms with Crippen molar-refractivity contribution in [3.05, 3.63) is 35.9 Å². The highest BCUT2D eigenvalue weighted by atomic mass is 16.5. The van der Waals surface area contributed by atoms with E-state index >= 15 is 0 Å². The lowest BCUT2D eigenvalue weighted by molar-refractivity contribution is -0.133. The fourth-order valence-corrected chi connectivity index (χ4v) is 3.31. The Balaban J connectivity index is 1.88. The number of ether oxygens (including phenoxy) is 1. The second-order valence-electron chi connectivity index (χ2n) is 6.58. The molecule has 1 aromatic carbocycles. The summed E-state index contributed by atoms with van der Waals surface area (Å²) in [6.07, 6.45) is 1.94. The molecule has 0 bridgehead atoms. The highest BCUT2D eigenvalue weighted by Crippen LogP contribution is 2.28. The quantitative estimate of drug-likeness (QED) is 0.637. The van der Waals surface area contributed by atoms with Gasteiger partial charge in [-0.3, -0.25) is 9.69 Å². The number of aliphatic hydroxyl groups excluding tert-OH is 1.